The molecule has 1 amide bonds. The number of hydrogen-bond donors (Lipinski definition) is 2. The molecule has 9 heteroatoms. The smallest absolute Gasteiger partial charge is 0.251 e. The fourth-order valence-corrected chi connectivity index (χ4v) is 3.52. The molecule has 0 fully saturated rings. The average molecular weight is 353 g/mol. The van der Waals surface area contributed by atoms with Crippen molar-refractivity contribution >= 4 is 15.9 Å². The minimum atomic E-state index is -3.73. The molecule has 2 aromatic rings. The van der Waals surface area contributed by atoms with Gasteiger partial charge in [-0.05, 0) is 32.0 Å². The van der Waals surface area contributed by atoms with Crippen LogP contribution in [0.15, 0.2) is 33.7 Å². The third-order valence-electron chi connectivity index (χ3n) is 3.27. The maximum atomic E-state index is 12.2. The molecule has 0 aliphatic heterocycles. The average Bonchev–Trinajstić information content (AvgIpc) is 2.91. The molecule has 0 saturated heterocycles. The lowest BCUT2D eigenvalue weighted by Crippen LogP contribution is -2.35. The fourth-order valence-electron chi connectivity index (χ4n) is 2.16. The molecule has 2 N–H and O–H groups in total. The zero-order valence-electron chi connectivity index (χ0n) is 13.6. The molecule has 8 nitrogen and oxygen atoms in total. The summed E-state index contributed by atoms with van der Waals surface area (Å²) in [6.07, 6.45) is 0. The number of benzene rings is 1. The minimum absolute atomic E-state index is 0.0293. The normalized spacial score (nSPS) is 11.3. The molecular weight excluding hydrogens is 334 g/mol. The maximum absolute atomic E-state index is 12.2. The highest BCUT2D eigenvalue weighted by Gasteiger charge is 2.23. The van der Waals surface area contributed by atoms with E-state index in [-0.39, 0.29) is 29.7 Å². The molecule has 0 spiro atoms. The van der Waals surface area contributed by atoms with Gasteiger partial charge >= 0.3 is 0 Å². The second-order valence-corrected chi connectivity index (χ2v) is 6.74. The van der Waals surface area contributed by atoms with E-state index in [2.05, 4.69) is 15.2 Å². The summed E-state index contributed by atoms with van der Waals surface area (Å²) >= 11 is 0. The molecule has 2 rings (SSSR count). The SMILES string of the molecule is COc1cccc(C(=O)NCCNS(=O)(=O)c2c(C)noc2C)c1. The Morgan fingerprint density at radius 2 is 2.04 bits per heavy atom. The summed E-state index contributed by atoms with van der Waals surface area (Å²) in [5.74, 6) is 0.479. The Kier molecular flexibility index (Phi) is 5.58. The highest BCUT2D eigenvalue weighted by Crippen LogP contribution is 2.18. The Hall–Kier alpha value is -2.39. The zero-order valence-corrected chi connectivity index (χ0v) is 14.4. The molecule has 0 unspecified atom stereocenters. The largest absolute Gasteiger partial charge is 0.497 e. The van der Waals surface area contributed by atoms with Gasteiger partial charge in [-0.1, -0.05) is 11.2 Å². The summed E-state index contributed by atoms with van der Waals surface area (Å²) in [5, 5.41) is 6.26. The molecule has 0 bridgehead atoms. The van der Waals surface area contributed by atoms with E-state index in [1.54, 1.807) is 31.2 Å². The van der Waals surface area contributed by atoms with Crippen LogP contribution in [0.2, 0.25) is 0 Å². The lowest BCUT2D eigenvalue weighted by Gasteiger charge is -2.08. The molecule has 1 aromatic carbocycles. The van der Waals surface area contributed by atoms with Gasteiger partial charge < -0.3 is 14.6 Å². The number of ether oxygens (including phenoxy) is 1. The van der Waals surface area contributed by atoms with Crippen LogP contribution >= 0.6 is 0 Å². The highest BCUT2D eigenvalue weighted by molar-refractivity contribution is 7.89. The predicted octanol–water partition coefficient (Wildman–Crippen LogP) is 1.01. The van der Waals surface area contributed by atoms with Gasteiger partial charge in [0.15, 0.2) is 5.76 Å². The number of aromatic nitrogens is 1. The van der Waals surface area contributed by atoms with Gasteiger partial charge in [0.25, 0.3) is 5.91 Å². The molecule has 1 heterocycles. The number of nitrogens with one attached hydrogen (secondary N) is 2. The van der Waals surface area contributed by atoms with Crippen molar-refractivity contribution in [1.29, 1.82) is 0 Å². The van der Waals surface area contributed by atoms with E-state index in [4.69, 9.17) is 9.26 Å². The molecule has 0 radical (unpaired) electrons. The van der Waals surface area contributed by atoms with Crippen LogP contribution < -0.4 is 14.8 Å². The Morgan fingerprint density at radius 1 is 1.29 bits per heavy atom. The van der Waals surface area contributed by atoms with Crippen LogP contribution in [0.5, 0.6) is 5.75 Å². The second-order valence-electron chi connectivity index (χ2n) is 5.04. The number of hydrogen-bond acceptors (Lipinski definition) is 6. The third kappa shape index (κ3) is 4.12. The van der Waals surface area contributed by atoms with E-state index in [0.29, 0.717) is 17.0 Å². The summed E-state index contributed by atoms with van der Waals surface area (Å²) in [6.45, 7) is 3.26. The first-order chi connectivity index (χ1) is 11.3. The number of carbonyl (C=O) groups excluding carboxylic acids is 1. The summed E-state index contributed by atoms with van der Waals surface area (Å²) in [7, 11) is -2.21. The standard InChI is InChI=1S/C15H19N3O5S/c1-10-14(11(2)23-18-10)24(20,21)17-8-7-16-15(19)12-5-4-6-13(9-12)22-3/h4-6,9,17H,7-8H2,1-3H3,(H,16,19). The van der Waals surface area contributed by atoms with Gasteiger partial charge in [-0.25, -0.2) is 13.1 Å². The number of rotatable bonds is 7. The number of carbonyl (C=O) groups is 1. The lowest BCUT2D eigenvalue weighted by molar-refractivity contribution is 0.0954. The first kappa shape index (κ1) is 18.0. The van der Waals surface area contributed by atoms with E-state index in [0.717, 1.165) is 0 Å². The van der Waals surface area contributed by atoms with Gasteiger partial charge in [-0.15, -0.1) is 0 Å². The Balaban J connectivity index is 1.89. The van der Waals surface area contributed by atoms with Crippen molar-refractivity contribution < 1.29 is 22.5 Å². The molecule has 0 saturated carbocycles. The first-order valence-corrected chi connectivity index (χ1v) is 8.68. The van der Waals surface area contributed by atoms with Crippen molar-refractivity contribution in [2.75, 3.05) is 20.2 Å². The number of sulfonamides is 1. The highest BCUT2D eigenvalue weighted by atomic mass is 32.2. The van der Waals surface area contributed by atoms with E-state index < -0.39 is 10.0 Å². The summed E-state index contributed by atoms with van der Waals surface area (Å²) in [4.78, 5) is 12.0. The Morgan fingerprint density at radius 3 is 2.67 bits per heavy atom. The monoisotopic (exact) mass is 353 g/mol. The molecule has 0 atom stereocenters. The quantitative estimate of drug-likeness (QED) is 0.719. The van der Waals surface area contributed by atoms with Gasteiger partial charge in [-0.3, -0.25) is 4.79 Å². The van der Waals surface area contributed by atoms with Gasteiger partial charge in [-0.2, -0.15) is 0 Å². The molecule has 24 heavy (non-hydrogen) atoms. The van der Waals surface area contributed by atoms with Crippen molar-refractivity contribution in [1.82, 2.24) is 15.2 Å². The summed E-state index contributed by atoms with van der Waals surface area (Å²) in [6, 6.07) is 6.68. The van der Waals surface area contributed by atoms with Crippen molar-refractivity contribution in [3.8, 4) is 5.75 Å². The Bertz CT molecular complexity index is 810. The minimum Gasteiger partial charge on any atom is -0.497 e. The van der Waals surface area contributed by atoms with E-state index >= 15 is 0 Å². The number of amides is 1. The molecule has 1 aromatic heterocycles. The summed E-state index contributed by atoms with van der Waals surface area (Å²) < 4.78 is 36.7. The van der Waals surface area contributed by atoms with Crippen LogP contribution in [-0.2, 0) is 10.0 Å². The zero-order chi connectivity index (χ0) is 17.7. The van der Waals surface area contributed by atoms with Crippen molar-refractivity contribution in [2.45, 2.75) is 18.7 Å². The van der Waals surface area contributed by atoms with E-state index in [1.807, 2.05) is 0 Å². The molecular formula is C15H19N3O5S. The summed E-state index contributed by atoms with van der Waals surface area (Å²) in [5.41, 5.74) is 0.725. The van der Waals surface area contributed by atoms with Crippen LogP contribution in [0, 0.1) is 13.8 Å². The van der Waals surface area contributed by atoms with E-state index in [9.17, 15) is 13.2 Å². The van der Waals surface area contributed by atoms with Crippen molar-refractivity contribution in [3.05, 3.63) is 41.3 Å². The third-order valence-corrected chi connectivity index (χ3v) is 4.98. The van der Waals surface area contributed by atoms with Crippen LogP contribution in [0.25, 0.3) is 0 Å². The van der Waals surface area contributed by atoms with Gasteiger partial charge in [0.1, 0.15) is 16.3 Å². The lowest BCUT2D eigenvalue weighted by atomic mass is 10.2. The fraction of sp³-hybridized carbons (Fsp3) is 0.333. The van der Waals surface area contributed by atoms with Gasteiger partial charge in [0, 0.05) is 18.7 Å². The van der Waals surface area contributed by atoms with Crippen molar-refractivity contribution in [2.24, 2.45) is 0 Å². The number of nitrogens with zero attached hydrogens (tertiary/aromatic N) is 1. The number of aryl methyl sites for hydroxylation is 2. The molecule has 130 valence electrons. The van der Waals surface area contributed by atoms with Crippen LogP contribution in [-0.4, -0.2) is 39.7 Å². The van der Waals surface area contributed by atoms with E-state index in [1.165, 1.54) is 14.0 Å². The second kappa shape index (κ2) is 7.45. The van der Waals surface area contributed by atoms with Crippen LogP contribution in [0.3, 0.4) is 0 Å². The van der Waals surface area contributed by atoms with Crippen LogP contribution in [0.4, 0.5) is 0 Å². The predicted molar refractivity (Wildman–Crippen MR) is 86.5 cm³/mol. The topological polar surface area (TPSA) is 111 Å². The first-order valence-electron chi connectivity index (χ1n) is 7.20. The van der Waals surface area contributed by atoms with Crippen molar-refractivity contribution in [3.63, 3.8) is 0 Å². The number of methoxy groups -OCH3 is 1. The van der Waals surface area contributed by atoms with Gasteiger partial charge in [0.2, 0.25) is 10.0 Å². The van der Waals surface area contributed by atoms with Crippen LogP contribution in [0.1, 0.15) is 21.8 Å². The maximum Gasteiger partial charge on any atom is 0.251 e. The van der Waals surface area contributed by atoms with Gasteiger partial charge in [0.05, 0.1) is 7.11 Å². The Labute approximate surface area is 140 Å². The molecule has 0 aliphatic carbocycles. The molecule has 0 aliphatic rings.